The van der Waals surface area contributed by atoms with E-state index >= 15 is 0 Å². The Morgan fingerprint density at radius 2 is 1.92 bits per heavy atom. The lowest BCUT2D eigenvalue weighted by molar-refractivity contribution is 0.416. The van der Waals surface area contributed by atoms with Gasteiger partial charge in [0.2, 0.25) is 0 Å². The Labute approximate surface area is 137 Å². The van der Waals surface area contributed by atoms with Gasteiger partial charge in [-0.25, -0.2) is 15.0 Å². The number of anilines is 1. The smallest absolute Gasteiger partial charge is 0.165 e. The van der Waals surface area contributed by atoms with Crippen molar-refractivity contribution in [1.29, 1.82) is 0 Å². The number of furan rings is 1. The van der Waals surface area contributed by atoms with Crippen LogP contribution in [0.15, 0.2) is 59.5 Å². The molecule has 1 aromatic carbocycles. The number of rotatable bonds is 3. The third kappa shape index (κ3) is 2.25. The van der Waals surface area contributed by atoms with Crippen molar-refractivity contribution in [3.05, 3.63) is 55.1 Å². The Morgan fingerprint density at radius 1 is 1.04 bits per heavy atom. The second kappa shape index (κ2) is 5.66. The summed E-state index contributed by atoms with van der Waals surface area (Å²) in [4.78, 5) is 13.0. The van der Waals surface area contributed by atoms with Crippen molar-refractivity contribution in [2.75, 3.05) is 12.8 Å². The molecule has 0 bridgehead atoms. The molecule has 0 aliphatic carbocycles. The average molecular weight is 318 g/mol. The topological polar surface area (TPSA) is 87.1 Å². The molecule has 0 saturated carbocycles. The van der Waals surface area contributed by atoms with E-state index in [9.17, 15) is 0 Å². The summed E-state index contributed by atoms with van der Waals surface area (Å²) in [6.45, 7) is 0. The maximum atomic E-state index is 6.05. The molecule has 118 valence electrons. The van der Waals surface area contributed by atoms with Crippen LogP contribution in [0.5, 0.6) is 5.75 Å². The van der Waals surface area contributed by atoms with Crippen molar-refractivity contribution in [3.8, 4) is 28.3 Å². The maximum absolute atomic E-state index is 6.05. The zero-order valence-electron chi connectivity index (χ0n) is 12.9. The van der Waals surface area contributed by atoms with Crippen LogP contribution in [0.1, 0.15) is 0 Å². The summed E-state index contributed by atoms with van der Waals surface area (Å²) in [6, 6.07) is 13.3. The van der Waals surface area contributed by atoms with E-state index in [-0.39, 0.29) is 0 Å². The summed E-state index contributed by atoms with van der Waals surface area (Å²) >= 11 is 0. The highest BCUT2D eigenvalue weighted by Gasteiger charge is 2.16. The summed E-state index contributed by atoms with van der Waals surface area (Å²) < 4.78 is 11.0. The lowest BCUT2D eigenvalue weighted by Crippen LogP contribution is -1.99. The molecule has 4 rings (SSSR count). The minimum atomic E-state index is 0.366. The molecular formula is C18H14N4O2. The van der Waals surface area contributed by atoms with Crippen LogP contribution in [0.25, 0.3) is 33.6 Å². The molecule has 0 atom stereocenters. The quantitative estimate of drug-likeness (QED) is 0.621. The number of hydrogen-bond acceptors (Lipinski definition) is 6. The molecule has 2 N–H and O–H groups in total. The van der Waals surface area contributed by atoms with Crippen molar-refractivity contribution in [2.45, 2.75) is 0 Å². The molecule has 3 aromatic heterocycles. The molecule has 0 radical (unpaired) electrons. The first-order chi connectivity index (χ1) is 11.8. The SMILES string of the molecule is COc1ccccc1-c1cc(-c2ccco2)c2c(N)ncnc2n1. The van der Waals surface area contributed by atoms with Gasteiger partial charge in [0.15, 0.2) is 5.65 Å². The summed E-state index contributed by atoms with van der Waals surface area (Å²) in [7, 11) is 1.63. The Balaban J connectivity index is 2.06. The molecule has 0 aliphatic heterocycles. The van der Waals surface area contributed by atoms with Gasteiger partial charge in [0, 0.05) is 11.1 Å². The number of fused-ring (bicyclic) bond motifs is 1. The fraction of sp³-hybridized carbons (Fsp3) is 0.0556. The standard InChI is InChI=1S/C18H14N4O2/c1-23-14-6-3-2-5-11(14)13-9-12(15-7-4-8-24-15)16-17(19)20-10-21-18(16)22-13/h2-10H,1H3,(H2,19,20,21,22). The highest BCUT2D eigenvalue weighted by molar-refractivity contribution is 6.00. The largest absolute Gasteiger partial charge is 0.496 e. The number of benzene rings is 1. The normalized spacial score (nSPS) is 10.9. The molecule has 0 fully saturated rings. The highest BCUT2D eigenvalue weighted by Crippen LogP contribution is 2.36. The minimum Gasteiger partial charge on any atom is -0.496 e. The van der Waals surface area contributed by atoms with E-state index in [1.807, 2.05) is 42.5 Å². The molecule has 6 nitrogen and oxygen atoms in total. The van der Waals surface area contributed by atoms with Gasteiger partial charge in [-0.2, -0.15) is 0 Å². The summed E-state index contributed by atoms with van der Waals surface area (Å²) in [5.41, 5.74) is 8.95. The van der Waals surface area contributed by atoms with Gasteiger partial charge in [-0.05, 0) is 30.3 Å². The van der Waals surface area contributed by atoms with Crippen LogP contribution in [-0.2, 0) is 0 Å². The fourth-order valence-electron chi connectivity index (χ4n) is 2.71. The second-order valence-electron chi connectivity index (χ2n) is 5.19. The minimum absolute atomic E-state index is 0.366. The molecule has 4 aromatic rings. The fourth-order valence-corrected chi connectivity index (χ4v) is 2.71. The van der Waals surface area contributed by atoms with Crippen LogP contribution in [0.3, 0.4) is 0 Å². The van der Waals surface area contributed by atoms with Gasteiger partial charge in [0.05, 0.1) is 24.5 Å². The van der Waals surface area contributed by atoms with Crippen LogP contribution < -0.4 is 10.5 Å². The van der Waals surface area contributed by atoms with Gasteiger partial charge in [-0.1, -0.05) is 12.1 Å². The Bertz CT molecular complexity index is 1010. The lowest BCUT2D eigenvalue weighted by atomic mass is 10.0. The number of nitrogen functional groups attached to an aromatic ring is 1. The predicted octanol–water partition coefficient (Wildman–Crippen LogP) is 3.54. The number of methoxy groups -OCH3 is 1. The second-order valence-corrected chi connectivity index (χ2v) is 5.19. The number of aromatic nitrogens is 3. The van der Waals surface area contributed by atoms with E-state index in [1.54, 1.807) is 13.4 Å². The average Bonchev–Trinajstić information content (AvgIpc) is 3.15. The van der Waals surface area contributed by atoms with Crippen LogP contribution in [0.4, 0.5) is 5.82 Å². The third-order valence-electron chi connectivity index (χ3n) is 3.80. The van der Waals surface area contributed by atoms with Crippen molar-refractivity contribution in [1.82, 2.24) is 15.0 Å². The molecule has 0 aliphatic rings. The molecular weight excluding hydrogens is 304 g/mol. The van der Waals surface area contributed by atoms with Crippen LogP contribution in [0, 0.1) is 0 Å². The number of para-hydroxylation sites is 1. The molecule has 6 heteroatoms. The van der Waals surface area contributed by atoms with Crippen LogP contribution in [0.2, 0.25) is 0 Å². The first-order valence-corrected chi connectivity index (χ1v) is 7.36. The summed E-state index contributed by atoms with van der Waals surface area (Å²) in [6.07, 6.45) is 3.02. The molecule has 0 amide bonds. The van der Waals surface area contributed by atoms with Crippen molar-refractivity contribution < 1.29 is 9.15 Å². The molecule has 0 saturated heterocycles. The zero-order chi connectivity index (χ0) is 16.5. The van der Waals surface area contributed by atoms with E-state index in [4.69, 9.17) is 14.9 Å². The van der Waals surface area contributed by atoms with E-state index < -0.39 is 0 Å². The van der Waals surface area contributed by atoms with E-state index in [0.29, 0.717) is 22.6 Å². The number of nitrogens with zero attached hydrogens (tertiary/aromatic N) is 3. The third-order valence-corrected chi connectivity index (χ3v) is 3.80. The number of pyridine rings is 1. The summed E-state index contributed by atoms with van der Waals surface area (Å²) in [5.74, 6) is 1.78. The monoisotopic (exact) mass is 318 g/mol. The molecule has 24 heavy (non-hydrogen) atoms. The first kappa shape index (κ1) is 14.2. The Kier molecular flexibility index (Phi) is 3.35. The highest BCUT2D eigenvalue weighted by atomic mass is 16.5. The summed E-state index contributed by atoms with van der Waals surface area (Å²) in [5, 5.41) is 0.672. The van der Waals surface area contributed by atoms with Gasteiger partial charge < -0.3 is 14.9 Å². The van der Waals surface area contributed by atoms with Crippen molar-refractivity contribution in [3.63, 3.8) is 0 Å². The van der Waals surface area contributed by atoms with E-state index in [0.717, 1.165) is 22.6 Å². The first-order valence-electron chi connectivity index (χ1n) is 7.36. The van der Waals surface area contributed by atoms with Crippen LogP contribution >= 0.6 is 0 Å². The lowest BCUT2D eigenvalue weighted by Gasteiger charge is -2.11. The molecule has 0 unspecified atom stereocenters. The zero-order valence-corrected chi connectivity index (χ0v) is 12.9. The van der Waals surface area contributed by atoms with Crippen molar-refractivity contribution >= 4 is 16.9 Å². The van der Waals surface area contributed by atoms with Crippen molar-refractivity contribution in [2.24, 2.45) is 0 Å². The van der Waals surface area contributed by atoms with Gasteiger partial charge in [0.1, 0.15) is 23.7 Å². The van der Waals surface area contributed by atoms with Gasteiger partial charge in [-0.3, -0.25) is 0 Å². The Morgan fingerprint density at radius 3 is 2.71 bits per heavy atom. The van der Waals surface area contributed by atoms with E-state index in [2.05, 4.69) is 15.0 Å². The molecule has 0 spiro atoms. The van der Waals surface area contributed by atoms with Gasteiger partial charge in [-0.15, -0.1) is 0 Å². The van der Waals surface area contributed by atoms with Gasteiger partial charge in [0.25, 0.3) is 0 Å². The van der Waals surface area contributed by atoms with Crippen LogP contribution in [-0.4, -0.2) is 22.1 Å². The van der Waals surface area contributed by atoms with Gasteiger partial charge >= 0.3 is 0 Å². The molecule has 3 heterocycles. The number of ether oxygens (including phenoxy) is 1. The predicted molar refractivity (Wildman–Crippen MR) is 91.4 cm³/mol. The maximum Gasteiger partial charge on any atom is 0.165 e. The van der Waals surface area contributed by atoms with E-state index in [1.165, 1.54) is 6.33 Å². The number of nitrogens with two attached hydrogens (primary N) is 1. The Hall–Kier alpha value is -3.41. The number of hydrogen-bond donors (Lipinski definition) is 1.